The van der Waals surface area contributed by atoms with Crippen LogP contribution in [0.1, 0.15) is 13.8 Å². The largest absolute Gasteiger partial charge is 0.419 e. The van der Waals surface area contributed by atoms with Gasteiger partial charge in [0.25, 0.3) is 5.79 Å². The van der Waals surface area contributed by atoms with Gasteiger partial charge in [-0.2, -0.15) is 0 Å². The van der Waals surface area contributed by atoms with E-state index in [9.17, 15) is 9.59 Å². The summed E-state index contributed by atoms with van der Waals surface area (Å²) < 4.78 is 10.5. The summed E-state index contributed by atoms with van der Waals surface area (Å²) in [6.07, 6.45) is 1.27. The Kier molecular flexibility index (Phi) is 3.25. The molecule has 0 amide bonds. The van der Waals surface area contributed by atoms with Crippen LogP contribution in [0.2, 0.25) is 0 Å². The highest BCUT2D eigenvalue weighted by Crippen LogP contribution is 2.23. The molecule has 1 saturated heterocycles. The number of carbonyl (C=O) groups excluding carboxylic acids is 2. The molecule has 0 atom stereocenters. The van der Waals surface area contributed by atoms with Gasteiger partial charge in [0.1, 0.15) is 0 Å². The number of anilines is 1. The fourth-order valence-corrected chi connectivity index (χ4v) is 2.28. The fraction of sp³-hybridized carbons (Fsp3) is 0.214. The van der Waals surface area contributed by atoms with Crippen molar-refractivity contribution in [1.29, 1.82) is 0 Å². The lowest BCUT2D eigenvalue weighted by Gasteiger charge is -2.29. The van der Waals surface area contributed by atoms with E-state index in [1.165, 1.54) is 20.0 Å². The summed E-state index contributed by atoms with van der Waals surface area (Å²) in [5, 5.41) is 2.87. The highest BCUT2D eigenvalue weighted by molar-refractivity contribution is 7.71. The summed E-state index contributed by atoms with van der Waals surface area (Å²) in [5.74, 6) is -2.70. The molecule has 114 valence electrons. The number of cyclic esters (lactones) is 2. The molecular weight excluding hydrogens is 306 g/mol. The van der Waals surface area contributed by atoms with Gasteiger partial charge in [0.2, 0.25) is 0 Å². The lowest BCUT2D eigenvalue weighted by atomic mass is 10.2. The molecule has 22 heavy (non-hydrogen) atoms. The van der Waals surface area contributed by atoms with Crippen LogP contribution in [-0.2, 0) is 19.1 Å². The SMILES string of the molecule is CC1(C)OC(=O)C(=CNc2ccc3[nH]c(=S)[nH]c3c2)C(=O)O1. The predicted octanol–water partition coefficient (Wildman–Crippen LogP) is 2.36. The van der Waals surface area contributed by atoms with Gasteiger partial charge < -0.3 is 24.8 Å². The molecule has 0 bridgehead atoms. The molecule has 3 N–H and O–H groups in total. The average Bonchev–Trinajstić information content (AvgIpc) is 2.75. The molecule has 0 saturated carbocycles. The first kappa shape index (κ1) is 14.3. The molecule has 8 heteroatoms. The Morgan fingerprint density at radius 1 is 1.14 bits per heavy atom. The highest BCUT2D eigenvalue weighted by Gasteiger charge is 2.38. The van der Waals surface area contributed by atoms with Crippen LogP contribution in [0, 0.1) is 4.77 Å². The summed E-state index contributed by atoms with van der Waals surface area (Å²) in [6, 6.07) is 5.40. The maximum atomic E-state index is 11.8. The molecule has 3 rings (SSSR count). The van der Waals surface area contributed by atoms with Crippen molar-refractivity contribution >= 4 is 40.9 Å². The number of hydrogen-bond acceptors (Lipinski definition) is 6. The third-order valence-corrected chi connectivity index (χ3v) is 3.22. The standard InChI is InChI=1S/C14H13N3O4S/c1-14(2)20-11(18)8(12(19)21-14)6-15-7-3-4-9-10(5-7)17-13(22)16-9/h3-6,15H,1-2H3,(H2,16,17,22). The van der Waals surface area contributed by atoms with Crippen molar-refractivity contribution < 1.29 is 19.1 Å². The molecule has 1 aliphatic heterocycles. The van der Waals surface area contributed by atoms with Crippen molar-refractivity contribution in [3.63, 3.8) is 0 Å². The van der Waals surface area contributed by atoms with E-state index in [-0.39, 0.29) is 5.57 Å². The molecular formula is C14H13N3O4S. The van der Waals surface area contributed by atoms with Gasteiger partial charge in [-0.3, -0.25) is 0 Å². The third kappa shape index (κ3) is 2.73. The van der Waals surface area contributed by atoms with E-state index in [1.807, 2.05) is 6.07 Å². The van der Waals surface area contributed by atoms with Crippen LogP contribution in [0.15, 0.2) is 30.0 Å². The predicted molar refractivity (Wildman–Crippen MR) is 81.5 cm³/mol. The van der Waals surface area contributed by atoms with Gasteiger partial charge in [-0.1, -0.05) is 0 Å². The van der Waals surface area contributed by atoms with E-state index in [4.69, 9.17) is 21.7 Å². The molecule has 1 aromatic heterocycles. The lowest BCUT2D eigenvalue weighted by Crippen LogP contribution is -2.42. The number of aromatic amines is 2. The second kappa shape index (κ2) is 4.99. The first-order chi connectivity index (χ1) is 10.3. The Hall–Kier alpha value is -2.61. The zero-order chi connectivity index (χ0) is 15.9. The van der Waals surface area contributed by atoms with Gasteiger partial charge in [0, 0.05) is 25.7 Å². The Balaban J connectivity index is 1.84. The van der Waals surface area contributed by atoms with E-state index in [0.29, 0.717) is 10.5 Å². The Bertz CT molecular complexity index is 840. The highest BCUT2D eigenvalue weighted by atomic mass is 32.1. The van der Waals surface area contributed by atoms with Gasteiger partial charge in [-0.15, -0.1) is 0 Å². The number of imidazole rings is 1. The molecule has 0 aliphatic carbocycles. The van der Waals surface area contributed by atoms with Crippen molar-refractivity contribution in [1.82, 2.24) is 9.97 Å². The van der Waals surface area contributed by atoms with Gasteiger partial charge in [0.05, 0.1) is 11.0 Å². The Morgan fingerprint density at radius 2 is 1.77 bits per heavy atom. The summed E-state index contributed by atoms with van der Waals surface area (Å²) in [5.41, 5.74) is 2.15. The number of ether oxygens (including phenoxy) is 2. The van der Waals surface area contributed by atoms with Crippen molar-refractivity contribution in [2.75, 3.05) is 5.32 Å². The lowest BCUT2D eigenvalue weighted by molar-refractivity contribution is -0.222. The molecule has 2 heterocycles. The molecule has 2 aromatic rings. The number of aromatic nitrogens is 2. The number of nitrogens with one attached hydrogen (secondary N) is 3. The quantitative estimate of drug-likeness (QED) is 0.340. The first-order valence-electron chi connectivity index (χ1n) is 6.49. The second-order valence-electron chi connectivity index (χ2n) is 5.22. The van der Waals surface area contributed by atoms with Crippen LogP contribution in [0.5, 0.6) is 0 Å². The number of hydrogen-bond donors (Lipinski definition) is 3. The van der Waals surface area contributed by atoms with Crippen molar-refractivity contribution in [3.05, 3.63) is 34.7 Å². The summed E-state index contributed by atoms with van der Waals surface area (Å²) in [6.45, 7) is 2.99. The van der Waals surface area contributed by atoms with E-state index >= 15 is 0 Å². The summed E-state index contributed by atoms with van der Waals surface area (Å²) >= 11 is 5.01. The van der Waals surface area contributed by atoms with Gasteiger partial charge >= 0.3 is 11.9 Å². The van der Waals surface area contributed by atoms with Crippen molar-refractivity contribution in [2.45, 2.75) is 19.6 Å². The molecule has 0 spiro atoms. The summed E-state index contributed by atoms with van der Waals surface area (Å²) in [7, 11) is 0. The van der Waals surface area contributed by atoms with Gasteiger partial charge in [0.15, 0.2) is 10.3 Å². The molecule has 1 aliphatic rings. The van der Waals surface area contributed by atoms with Crippen LogP contribution in [-0.4, -0.2) is 27.7 Å². The Morgan fingerprint density at radius 3 is 2.45 bits per heavy atom. The number of carbonyl (C=O) groups is 2. The van der Waals surface area contributed by atoms with E-state index < -0.39 is 17.7 Å². The maximum Gasteiger partial charge on any atom is 0.350 e. The smallest absolute Gasteiger partial charge is 0.350 e. The molecule has 1 aromatic carbocycles. The van der Waals surface area contributed by atoms with E-state index in [1.54, 1.807) is 12.1 Å². The number of benzene rings is 1. The topological polar surface area (TPSA) is 96.2 Å². The Labute approximate surface area is 130 Å². The average molecular weight is 319 g/mol. The number of H-pyrrole nitrogens is 2. The second-order valence-corrected chi connectivity index (χ2v) is 5.63. The van der Waals surface area contributed by atoms with Crippen LogP contribution < -0.4 is 5.32 Å². The fourth-order valence-electron chi connectivity index (χ4n) is 2.06. The zero-order valence-electron chi connectivity index (χ0n) is 11.9. The van der Waals surface area contributed by atoms with Crippen LogP contribution >= 0.6 is 12.2 Å². The van der Waals surface area contributed by atoms with Gasteiger partial charge in [-0.05, 0) is 30.4 Å². The molecule has 0 radical (unpaired) electrons. The van der Waals surface area contributed by atoms with E-state index in [0.717, 1.165) is 11.0 Å². The third-order valence-electron chi connectivity index (χ3n) is 3.02. The minimum Gasteiger partial charge on any atom is -0.419 e. The minimum atomic E-state index is -1.25. The minimum absolute atomic E-state index is 0.193. The van der Waals surface area contributed by atoms with Crippen LogP contribution in [0.3, 0.4) is 0 Å². The summed E-state index contributed by atoms with van der Waals surface area (Å²) in [4.78, 5) is 29.6. The van der Waals surface area contributed by atoms with Crippen molar-refractivity contribution in [3.8, 4) is 0 Å². The van der Waals surface area contributed by atoms with Crippen molar-refractivity contribution in [2.24, 2.45) is 0 Å². The number of rotatable bonds is 2. The normalized spacial score (nSPS) is 17.1. The first-order valence-corrected chi connectivity index (χ1v) is 6.90. The monoisotopic (exact) mass is 319 g/mol. The number of fused-ring (bicyclic) bond motifs is 1. The molecule has 0 unspecified atom stereocenters. The maximum absolute atomic E-state index is 11.8. The van der Waals surface area contributed by atoms with Crippen LogP contribution in [0.4, 0.5) is 5.69 Å². The molecule has 1 fully saturated rings. The number of esters is 2. The molecule has 7 nitrogen and oxygen atoms in total. The van der Waals surface area contributed by atoms with E-state index in [2.05, 4.69) is 15.3 Å². The zero-order valence-corrected chi connectivity index (χ0v) is 12.7. The van der Waals surface area contributed by atoms with Crippen LogP contribution in [0.25, 0.3) is 11.0 Å². The van der Waals surface area contributed by atoms with Gasteiger partial charge in [-0.25, -0.2) is 9.59 Å².